The van der Waals surface area contributed by atoms with Gasteiger partial charge in [0, 0.05) is 23.5 Å². The van der Waals surface area contributed by atoms with Gasteiger partial charge in [-0.2, -0.15) is 0 Å². The molecule has 22 heavy (non-hydrogen) atoms. The number of nitrogens with one attached hydrogen (secondary N) is 1. The zero-order valence-electron chi connectivity index (χ0n) is 12.6. The van der Waals surface area contributed by atoms with E-state index in [0.717, 1.165) is 25.7 Å². The van der Waals surface area contributed by atoms with Crippen molar-refractivity contribution in [2.45, 2.75) is 25.7 Å². The van der Waals surface area contributed by atoms with E-state index in [0.29, 0.717) is 11.4 Å². The number of carboxylic acids is 1. The summed E-state index contributed by atoms with van der Waals surface area (Å²) in [5.41, 5.74) is 0.657. The molecule has 1 aromatic rings. The van der Waals surface area contributed by atoms with Crippen molar-refractivity contribution in [2.24, 2.45) is 23.7 Å². The van der Waals surface area contributed by atoms with Gasteiger partial charge in [-0.3, -0.25) is 4.79 Å². The predicted octanol–water partition coefficient (Wildman–Crippen LogP) is 1.44. The number of carboxylic acid groups (broad SMARTS) is 1. The number of carbonyl (C=O) groups excluding carboxylic acids is 2. The summed E-state index contributed by atoms with van der Waals surface area (Å²) in [7, 11) is 1.58. The van der Waals surface area contributed by atoms with Crippen LogP contribution in [0, 0.1) is 23.7 Å². The summed E-state index contributed by atoms with van der Waals surface area (Å²) in [6.45, 7) is 0. The molecule has 3 saturated carbocycles. The third-order valence-corrected chi connectivity index (χ3v) is 5.15. The standard InChI is InChI=1S/C17H21NO4/c1-22-13-8-6-12(7-9-13)18-16(19)14-10-2-4-11(5-3-10)15(14)17(20)21/h6-11,14-15H,2-5H2,1H3,(H,18,19)(H,20,21)/p-1/t10?,11?,14-,15-/m1/s1. The van der Waals surface area contributed by atoms with Crippen molar-refractivity contribution in [2.75, 3.05) is 12.4 Å². The monoisotopic (exact) mass is 302 g/mol. The molecule has 1 aromatic carbocycles. The molecular formula is C17H20NO4-. The first-order chi connectivity index (χ1) is 10.6. The molecule has 3 fully saturated rings. The maximum atomic E-state index is 12.6. The van der Waals surface area contributed by atoms with Crippen LogP contribution in [0.5, 0.6) is 5.75 Å². The SMILES string of the molecule is COc1ccc(NC(=O)[C@@H]2C3CCC(CC3)[C@H]2C(=O)[O-])cc1. The lowest BCUT2D eigenvalue weighted by molar-refractivity contribution is -0.318. The number of hydrogen-bond acceptors (Lipinski definition) is 4. The normalized spacial score (nSPS) is 29.9. The third-order valence-electron chi connectivity index (χ3n) is 5.15. The van der Waals surface area contributed by atoms with Gasteiger partial charge >= 0.3 is 0 Å². The Hall–Kier alpha value is -2.04. The molecule has 1 N–H and O–H groups in total. The van der Waals surface area contributed by atoms with E-state index < -0.39 is 17.8 Å². The minimum Gasteiger partial charge on any atom is -0.550 e. The number of aliphatic carboxylic acids is 1. The molecule has 0 heterocycles. The van der Waals surface area contributed by atoms with E-state index in [-0.39, 0.29) is 17.7 Å². The minimum atomic E-state index is -1.08. The number of benzene rings is 1. The molecule has 3 aliphatic carbocycles. The van der Waals surface area contributed by atoms with Gasteiger partial charge in [-0.05, 0) is 61.8 Å². The van der Waals surface area contributed by atoms with Crippen molar-refractivity contribution in [3.63, 3.8) is 0 Å². The fraction of sp³-hybridized carbons (Fsp3) is 0.529. The van der Waals surface area contributed by atoms with Crippen molar-refractivity contribution in [3.8, 4) is 5.75 Å². The zero-order valence-corrected chi connectivity index (χ0v) is 12.6. The Morgan fingerprint density at radius 2 is 1.59 bits per heavy atom. The number of hydrogen-bond donors (Lipinski definition) is 1. The van der Waals surface area contributed by atoms with Crippen LogP contribution >= 0.6 is 0 Å². The Morgan fingerprint density at radius 1 is 1.05 bits per heavy atom. The zero-order chi connectivity index (χ0) is 15.7. The highest BCUT2D eigenvalue weighted by molar-refractivity contribution is 5.95. The molecule has 0 aromatic heterocycles. The molecule has 2 atom stereocenters. The number of ether oxygens (including phenoxy) is 1. The smallest absolute Gasteiger partial charge is 0.228 e. The maximum absolute atomic E-state index is 12.6. The van der Waals surface area contributed by atoms with Crippen LogP contribution < -0.4 is 15.2 Å². The van der Waals surface area contributed by atoms with Crippen LogP contribution in [0.25, 0.3) is 0 Å². The summed E-state index contributed by atoms with van der Waals surface area (Å²) in [4.78, 5) is 24.1. The van der Waals surface area contributed by atoms with Gasteiger partial charge in [0.2, 0.25) is 5.91 Å². The van der Waals surface area contributed by atoms with E-state index in [9.17, 15) is 14.7 Å². The third kappa shape index (κ3) is 2.67. The highest BCUT2D eigenvalue weighted by Crippen LogP contribution is 2.49. The van der Waals surface area contributed by atoms with Crippen molar-refractivity contribution < 1.29 is 19.4 Å². The number of carbonyl (C=O) groups is 2. The molecule has 0 aliphatic heterocycles. The highest BCUT2D eigenvalue weighted by Gasteiger charge is 2.47. The van der Waals surface area contributed by atoms with Gasteiger partial charge in [0.05, 0.1) is 7.11 Å². The first-order valence-corrected chi connectivity index (χ1v) is 7.76. The lowest BCUT2D eigenvalue weighted by atomic mass is 9.58. The van der Waals surface area contributed by atoms with Gasteiger partial charge in [-0.1, -0.05) is 0 Å². The van der Waals surface area contributed by atoms with Crippen LogP contribution in [-0.2, 0) is 9.59 Å². The lowest BCUT2D eigenvalue weighted by Gasteiger charge is -2.48. The highest BCUT2D eigenvalue weighted by atomic mass is 16.5. The second kappa shape index (κ2) is 5.99. The first-order valence-electron chi connectivity index (χ1n) is 7.76. The topological polar surface area (TPSA) is 78.5 Å². The van der Waals surface area contributed by atoms with Gasteiger partial charge in [0.1, 0.15) is 5.75 Å². The summed E-state index contributed by atoms with van der Waals surface area (Å²) in [5.74, 6) is -1.45. The van der Waals surface area contributed by atoms with Gasteiger partial charge in [0.25, 0.3) is 0 Å². The van der Waals surface area contributed by atoms with Crippen LogP contribution in [0.1, 0.15) is 25.7 Å². The fourth-order valence-corrected chi connectivity index (χ4v) is 4.07. The first kappa shape index (κ1) is 14.9. The van der Waals surface area contributed by atoms with Crippen LogP contribution in [0.15, 0.2) is 24.3 Å². The van der Waals surface area contributed by atoms with Crippen molar-refractivity contribution >= 4 is 17.6 Å². The van der Waals surface area contributed by atoms with E-state index in [1.807, 2.05) is 0 Å². The van der Waals surface area contributed by atoms with Gasteiger partial charge in [-0.15, -0.1) is 0 Å². The predicted molar refractivity (Wildman–Crippen MR) is 79.1 cm³/mol. The Kier molecular flexibility index (Phi) is 4.05. The van der Waals surface area contributed by atoms with E-state index >= 15 is 0 Å². The maximum Gasteiger partial charge on any atom is 0.228 e. The van der Waals surface area contributed by atoms with E-state index in [2.05, 4.69) is 5.32 Å². The molecule has 0 radical (unpaired) electrons. The number of rotatable bonds is 4. The second-order valence-electron chi connectivity index (χ2n) is 6.26. The molecule has 118 valence electrons. The average Bonchev–Trinajstić information content (AvgIpc) is 2.55. The quantitative estimate of drug-likeness (QED) is 0.912. The summed E-state index contributed by atoms with van der Waals surface area (Å²) in [5, 5.41) is 14.3. The molecule has 0 spiro atoms. The molecule has 5 nitrogen and oxygen atoms in total. The molecule has 5 heteroatoms. The molecule has 1 amide bonds. The van der Waals surface area contributed by atoms with Crippen LogP contribution in [0.4, 0.5) is 5.69 Å². The Morgan fingerprint density at radius 3 is 2.09 bits per heavy atom. The fourth-order valence-electron chi connectivity index (χ4n) is 4.07. The van der Waals surface area contributed by atoms with Crippen LogP contribution in [0.2, 0.25) is 0 Å². The summed E-state index contributed by atoms with van der Waals surface area (Å²) >= 11 is 0. The largest absolute Gasteiger partial charge is 0.550 e. The van der Waals surface area contributed by atoms with Crippen molar-refractivity contribution in [3.05, 3.63) is 24.3 Å². The lowest BCUT2D eigenvalue weighted by Crippen LogP contribution is -2.52. The van der Waals surface area contributed by atoms with Gasteiger partial charge < -0.3 is 20.0 Å². The molecule has 0 unspecified atom stereocenters. The molecule has 4 rings (SSSR count). The Balaban J connectivity index is 1.76. The van der Waals surface area contributed by atoms with E-state index in [4.69, 9.17) is 4.74 Å². The number of anilines is 1. The Labute approximate surface area is 129 Å². The minimum absolute atomic E-state index is 0.0848. The van der Waals surface area contributed by atoms with Crippen molar-refractivity contribution in [1.29, 1.82) is 0 Å². The molecule has 3 aliphatic rings. The van der Waals surface area contributed by atoms with Crippen LogP contribution in [-0.4, -0.2) is 19.0 Å². The van der Waals surface area contributed by atoms with Crippen LogP contribution in [0.3, 0.4) is 0 Å². The molecular weight excluding hydrogens is 282 g/mol. The van der Waals surface area contributed by atoms with Gasteiger partial charge in [-0.25, -0.2) is 0 Å². The van der Waals surface area contributed by atoms with E-state index in [1.54, 1.807) is 31.4 Å². The summed E-state index contributed by atoms with van der Waals surface area (Å²) < 4.78 is 5.08. The average molecular weight is 302 g/mol. The number of amides is 1. The molecule has 0 saturated heterocycles. The second-order valence-corrected chi connectivity index (χ2v) is 6.26. The van der Waals surface area contributed by atoms with Gasteiger partial charge in [0.15, 0.2) is 0 Å². The molecule has 2 bridgehead atoms. The number of fused-ring (bicyclic) bond motifs is 3. The summed E-state index contributed by atoms with van der Waals surface area (Å²) in [6, 6.07) is 7.04. The number of methoxy groups -OCH3 is 1. The van der Waals surface area contributed by atoms with Crippen molar-refractivity contribution in [1.82, 2.24) is 0 Å². The Bertz CT molecular complexity index is 561. The van der Waals surface area contributed by atoms with E-state index in [1.165, 1.54) is 0 Å². The summed E-state index contributed by atoms with van der Waals surface area (Å²) in [6.07, 6.45) is 3.68.